The fraction of sp³-hybridized carbons (Fsp3) is 0.320. The van der Waals surface area contributed by atoms with Gasteiger partial charge in [0.15, 0.2) is 5.82 Å². The van der Waals surface area contributed by atoms with Gasteiger partial charge in [-0.2, -0.15) is 28.7 Å². The van der Waals surface area contributed by atoms with E-state index in [1.54, 1.807) is 18.7 Å². The number of nitriles is 2. The van der Waals surface area contributed by atoms with Gasteiger partial charge < -0.3 is 9.42 Å². The summed E-state index contributed by atoms with van der Waals surface area (Å²) in [4.78, 5) is 19.3. The second-order valence-electron chi connectivity index (χ2n) is 8.38. The van der Waals surface area contributed by atoms with Crippen LogP contribution in [-0.4, -0.2) is 34.0 Å². The van der Waals surface area contributed by atoms with E-state index in [0.717, 1.165) is 12.1 Å². The van der Waals surface area contributed by atoms with Gasteiger partial charge >= 0.3 is 6.18 Å². The second-order valence-corrected chi connectivity index (χ2v) is 8.38. The number of hydrogen-bond acceptors (Lipinski definition) is 6. The number of aromatic nitrogens is 2. The van der Waals surface area contributed by atoms with E-state index >= 15 is 0 Å². The van der Waals surface area contributed by atoms with Gasteiger partial charge in [0.1, 0.15) is 6.07 Å². The maximum absolute atomic E-state index is 13.3. The first-order valence-electron chi connectivity index (χ1n) is 10.9. The largest absolute Gasteiger partial charge is 0.416 e. The molecule has 1 aliphatic heterocycles. The van der Waals surface area contributed by atoms with E-state index < -0.39 is 11.7 Å². The van der Waals surface area contributed by atoms with Crippen LogP contribution < -0.4 is 0 Å². The molecule has 1 aromatic heterocycles. The molecule has 0 unspecified atom stereocenters. The Labute approximate surface area is 199 Å². The number of carbonyl (C=O) groups is 1. The number of likely N-dealkylation sites (tertiary alicyclic amines) is 1. The third-order valence-electron chi connectivity index (χ3n) is 6.24. The Balaban J connectivity index is 1.64. The van der Waals surface area contributed by atoms with Crippen molar-refractivity contribution in [2.75, 3.05) is 13.1 Å². The highest BCUT2D eigenvalue weighted by atomic mass is 19.4. The molecule has 0 N–H and O–H groups in total. The van der Waals surface area contributed by atoms with Crippen molar-refractivity contribution in [3.8, 4) is 23.3 Å². The number of carbonyl (C=O) groups excluding carboxylic acids is 1. The van der Waals surface area contributed by atoms with Crippen molar-refractivity contribution in [3.63, 3.8) is 0 Å². The van der Waals surface area contributed by atoms with E-state index in [4.69, 9.17) is 4.52 Å². The Hall–Kier alpha value is -4.18. The Morgan fingerprint density at radius 2 is 1.77 bits per heavy atom. The summed E-state index contributed by atoms with van der Waals surface area (Å²) < 4.78 is 43.9. The minimum atomic E-state index is -4.50. The van der Waals surface area contributed by atoms with Crippen molar-refractivity contribution in [2.45, 2.75) is 38.8 Å². The summed E-state index contributed by atoms with van der Waals surface area (Å²) in [5.41, 5.74) is 0.413. The topological polar surface area (TPSA) is 107 Å². The van der Waals surface area contributed by atoms with E-state index in [1.165, 1.54) is 18.2 Å². The van der Waals surface area contributed by atoms with Crippen LogP contribution in [0, 0.1) is 36.5 Å². The summed E-state index contributed by atoms with van der Waals surface area (Å²) >= 11 is 0. The number of nitrogens with zero attached hydrogens (tertiary/aromatic N) is 5. The van der Waals surface area contributed by atoms with Gasteiger partial charge in [0, 0.05) is 37.1 Å². The maximum Gasteiger partial charge on any atom is 0.416 e. The molecule has 2 heterocycles. The minimum Gasteiger partial charge on any atom is -0.340 e. The zero-order valence-electron chi connectivity index (χ0n) is 19.0. The minimum absolute atomic E-state index is 0.0485. The smallest absolute Gasteiger partial charge is 0.340 e. The van der Waals surface area contributed by atoms with Gasteiger partial charge in [0.25, 0.3) is 5.91 Å². The summed E-state index contributed by atoms with van der Waals surface area (Å²) in [6.07, 6.45) is -3.22. The van der Waals surface area contributed by atoms with Crippen molar-refractivity contribution in [1.29, 1.82) is 10.5 Å². The summed E-state index contributed by atoms with van der Waals surface area (Å²) in [6, 6.07) is 9.72. The number of piperidine rings is 1. The summed E-state index contributed by atoms with van der Waals surface area (Å²) in [6.45, 7) is 4.21. The quantitative estimate of drug-likeness (QED) is 0.515. The van der Waals surface area contributed by atoms with Crippen LogP contribution in [-0.2, 0) is 6.18 Å². The lowest BCUT2D eigenvalue weighted by Crippen LogP contribution is -2.38. The van der Waals surface area contributed by atoms with Crippen LogP contribution in [0.3, 0.4) is 0 Å². The zero-order chi connectivity index (χ0) is 25.3. The van der Waals surface area contributed by atoms with Crippen LogP contribution in [0.25, 0.3) is 11.1 Å². The molecular weight excluding hydrogens is 459 g/mol. The van der Waals surface area contributed by atoms with Crippen LogP contribution in [0.15, 0.2) is 34.9 Å². The van der Waals surface area contributed by atoms with Crippen molar-refractivity contribution in [3.05, 3.63) is 69.9 Å². The predicted octanol–water partition coefficient (Wildman–Crippen LogP) is 5.14. The first kappa shape index (κ1) is 24.0. The van der Waals surface area contributed by atoms with Crippen molar-refractivity contribution in [1.82, 2.24) is 15.0 Å². The lowest BCUT2D eigenvalue weighted by atomic mass is 9.88. The molecule has 0 spiro atoms. The molecule has 0 radical (unpaired) electrons. The lowest BCUT2D eigenvalue weighted by Gasteiger charge is -2.31. The van der Waals surface area contributed by atoms with Gasteiger partial charge in [0.2, 0.25) is 5.89 Å². The molecule has 4 rings (SSSR count). The first-order valence-corrected chi connectivity index (χ1v) is 10.9. The molecule has 10 heteroatoms. The second kappa shape index (κ2) is 9.22. The number of aryl methyl sites for hydroxylation is 1. The molecule has 7 nitrogen and oxygen atoms in total. The van der Waals surface area contributed by atoms with Crippen molar-refractivity contribution >= 4 is 5.91 Å². The van der Waals surface area contributed by atoms with E-state index in [2.05, 4.69) is 10.1 Å². The number of alkyl halides is 3. The SMILES string of the molecule is Cc1nc(C2CCN(C(=O)c3cc(C#N)c(-c4ccc(C(F)(F)F)cc4)c(C#N)c3C)CC2)no1. The zero-order valence-corrected chi connectivity index (χ0v) is 19.0. The summed E-state index contributed by atoms with van der Waals surface area (Å²) in [5, 5.41) is 23.6. The van der Waals surface area contributed by atoms with Crippen LogP contribution in [0.2, 0.25) is 0 Å². The third-order valence-corrected chi connectivity index (χ3v) is 6.24. The number of benzene rings is 2. The molecule has 178 valence electrons. The van der Waals surface area contributed by atoms with Crippen LogP contribution in [0.4, 0.5) is 13.2 Å². The molecular formula is C25H20F3N5O2. The van der Waals surface area contributed by atoms with Crippen LogP contribution >= 0.6 is 0 Å². The molecule has 0 bridgehead atoms. The van der Waals surface area contributed by atoms with Crippen molar-refractivity contribution < 1.29 is 22.5 Å². The molecule has 2 aromatic carbocycles. The van der Waals surface area contributed by atoms with Gasteiger partial charge in [-0.25, -0.2) is 0 Å². The predicted molar refractivity (Wildman–Crippen MR) is 118 cm³/mol. The summed E-state index contributed by atoms with van der Waals surface area (Å²) in [5.74, 6) is 0.863. The summed E-state index contributed by atoms with van der Waals surface area (Å²) in [7, 11) is 0. The lowest BCUT2D eigenvalue weighted by molar-refractivity contribution is -0.137. The average molecular weight is 479 g/mol. The van der Waals surface area contributed by atoms with Crippen LogP contribution in [0.5, 0.6) is 0 Å². The first-order chi connectivity index (χ1) is 16.6. The Kier molecular flexibility index (Phi) is 6.31. The fourth-order valence-electron chi connectivity index (χ4n) is 4.35. The molecule has 1 amide bonds. The number of hydrogen-bond donors (Lipinski definition) is 0. The Morgan fingerprint density at radius 1 is 1.11 bits per heavy atom. The average Bonchev–Trinajstić information content (AvgIpc) is 3.29. The molecule has 1 aliphatic rings. The highest BCUT2D eigenvalue weighted by molar-refractivity contribution is 5.98. The highest BCUT2D eigenvalue weighted by Gasteiger charge is 2.31. The molecule has 0 saturated carbocycles. The molecule has 35 heavy (non-hydrogen) atoms. The number of halogens is 3. The van der Waals surface area contributed by atoms with E-state index in [0.29, 0.717) is 48.8 Å². The molecule has 0 atom stereocenters. The van der Waals surface area contributed by atoms with Gasteiger partial charge in [0.05, 0.1) is 22.8 Å². The van der Waals surface area contributed by atoms with Gasteiger partial charge in [-0.05, 0) is 49.1 Å². The molecule has 3 aromatic rings. The van der Waals surface area contributed by atoms with Gasteiger partial charge in [-0.15, -0.1) is 0 Å². The van der Waals surface area contributed by atoms with Gasteiger partial charge in [-0.3, -0.25) is 4.79 Å². The highest BCUT2D eigenvalue weighted by Crippen LogP contribution is 2.36. The van der Waals surface area contributed by atoms with Crippen molar-refractivity contribution in [2.24, 2.45) is 0 Å². The van der Waals surface area contributed by atoms with E-state index in [-0.39, 0.29) is 34.1 Å². The van der Waals surface area contributed by atoms with Crippen LogP contribution in [0.1, 0.15) is 63.1 Å². The monoisotopic (exact) mass is 479 g/mol. The Bertz CT molecular complexity index is 1360. The Morgan fingerprint density at radius 3 is 2.29 bits per heavy atom. The fourth-order valence-corrected chi connectivity index (χ4v) is 4.35. The van der Waals surface area contributed by atoms with E-state index in [9.17, 15) is 28.5 Å². The van der Waals surface area contributed by atoms with E-state index in [1.807, 2.05) is 12.1 Å². The number of amides is 1. The molecule has 0 aliphatic carbocycles. The molecule has 1 fully saturated rings. The van der Waals surface area contributed by atoms with Gasteiger partial charge in [-0.1, -0.05) is 17.3 Å². The standard InChI is InChI=1S/C25H20F3N5O2/c1-14-20(24(34)33-9-7-17(8-10-33)23-31-15(2)35-32-23)11-18(12-29)22(21(14)13-30)16-3-5-19(6-4-16)25(26,27)28/h3-6,11,17H,7-10H2,1-2H3. The maximum atomic E-state index is 13.3. The molecule has 1 saturated heterocycles. The third kappa shape index (κ3) is 4.60. The number of rotatable bonds is 3. The normalized spacial score (nSPS) is 14.4.